The fourth-order valence-electron chi connectivity index (χ4n) is 2.10. The Kier molecular flexibility index (Phi) is 5.02. The lowest BCUT2D eigenvalue weighted by Crippen LogP contribution is -2.30. The number of thiophene rings is 1. The molecular formula is C17H22N2OS. The van der Waals surface area contributed by atoms with Crippen LogP contribution in [0.25, 0.3) is 0 Å². The molecule has 1 heterocycles. The minimum absolute atomic E-state index is 0.0340. The number of amides is 1. The van der Waals surface area contributed by atoms with Gasteiger partial charge in [-0.25, -0.2) is 0 Å². The maximum Gasteiger partial charge on any atom is 0.251 e. The smallest absolute Gasteiger partial charge is 0.251 e. The van der Waals surface area contributed by atoms with Crippen LogP contribution >= 0.6 is 11.3 Å². The third kappa shape index (κ3) is 4.33. The van der Waals surface area contributed by atoms with Gasteiger partial charge in [0.2, 0.25) is 0 Å². The quantitative estimate of drug-likeness (QED) is 0.861. The predicted octanol–water partition coefficient (Wildman–Crippen LogP) is 4.37. The molecule has 2 N–H and O–H groups in total. The third-order valence-electron chi connectivity index (χ3n) is 3.12. The fraction of sp³-hybridized carbons (Fsp3) is 0.353. The highest BCUT2D eigenvalue weighted by Gasteiger charge is 2.10. The molecule has 0 spiro atoms. The monoisotopic (exact) mass is 302 g/mol. The summed E-state index contributed by atoms with van der Waals surface area (Å²) in [6.07, 6.45) is 0. The zero-order chi connectivity index (χ0) is 15.4. The van der Waals surface area contributed by atoms with Gasteiger partial charge in [0.15, 0.2) is 0 Å². The molecule has 0 bridgehead atoms. The van der Waals surface area contributed by atoms with E-state index in [4.69, 9.17) is 0 Å². The van der Waals surface area contributed by atoms with Crippen LogP contribution in [-0.4, -0.2) is 11.9 Å². The summed E-state index contributed by atoms with van der Waals surface area (Å²) >= 11 is 1.79. The number of carbonyl (C=O) groups is 1. The largest absolute Gasteiger partial charge is 0.378 e. The molecule has 4 heteroatoms. The van der Waals surface area contributed by atoms with E-state index in [1.807, 2.05) is 38.1 Å². The molecule has 0 saturated heterocycles. The standard InChI is InChI=1S/C17H22N2OS/c1-11(2)18-17(20)14-6-5-7-15(10-14)19-13(4)16-9-8-12(3)21-16/h5-11,13,19H,1-4H3,(H,18,20). The van der Waals surface area contributed by atoms with Gasteiger partial charge in [-0.3, -0.25) is 4.79 Å². The average Bonchev–Trinajstić information content (AvgIpc) is 2.85. The third-order valence-corrected chi connectivity index (χ3v) is 4.30. The topological polar surface area (TPSA) is 41.1 Å². The number of nitrogens with one attached hydrogen (secondary N) is 2. The molecule has 21 heavy (non-hydrogen) atoms. The van der Waals surface area contributed by atoms with Gasteiger partial charge in [-0.1, -0.05) is 6.07 Å². The second kappa shape index (κ2) is 6.76. The molecule has 2 rings (SSSR count). The second-order valence-electron chi connectivity index (χ2n) is 5.52. The van der Waals surface area contributed by atoms with Gasteiger partial charge in [0.1, 0.15) is 0 Å². The van der Waals surface area contributed by atoms with Crippen LogP contribution in [0.15, 0.2) is 36.4 Å². The summed E-state index contributed by atoms with van der Waals surface area (Å²) < 4.78 is 0. The molecule has 2 aromatic rings. The molecule has 0 aliphatic heterocycles. The van der Waals surface area contributed by atoms with Crippen molar-refractivity contribution in [3.63, 3.8) is 0 Å². The number of anilines is 1. The minimum Gasteiger partial charge on any atom is -0.378 e. The molecule has 0 fully saturated rings. The zero-order valence-corrected chi connectivity index (χ0v) is 13.8. The van der Waals surface area contributed by atoms with E-state index >= 15 is 0 Å². The van der Waals surface area contributed by atoms with Crippen LogP contribution in [0.3, 0.4) is 0 Å². The molecule has 0 saturated carbocycles. The molecule has 1 amide bonds. The van der Waals surface area contributed by atoms with E-state index in [-0.39, 0.29) is 18.0 Å². The minimum atomic E-state index is -0.0340. The van der Waals surface area contributed by atoms with E-state index in [0.29, 0.717) is 5.56 Å². The molecule has 0 radical (unpaired) electrons. The van der Waals surface area contributed by atoms with Crippen molar-refractivity contribution < 1.29 is 4.79 Å². The number of hydrogen-bond donors (Lipinski definition) is 2. The van der Waals surface area contributed by atoms with Gasteiger partial charge in [0.25, 0.3) is 5.91 Å². The van der Waals surface area contributed by atoms with Gasteiger partial charge in [-0.15, -0.1) is 11.3 Å². The van der Waals surface area contributed by atoms with Gasteiger partial charge < -0.3 is 10.6 Å². The van der Waals surface area contributed by atoms with Gasteiger partial charge in [-0.2, -0.15) is 0 Å². The Bertz CT molecular complexity index is 619. The first kappa shape index (κ1) is 15.6. The van der Waals surface area contributed by atoms with Crippen LogP contribution in [0.1, 0.15) is 46.9 Å². The average molecular weight is 302 g/mol. The molecule has 1 aromatic carbocycles. The molecule has 112 valence electrons. The van der Waals surface area contributed by atoms with Crippen molar-refractivity contribution >= 4 is 22.9 Å². The predicted molar refractivity (Wildman–Crippen MR) is 90.1 cm³/mol. The van der Waals surface area contributed by atoms with Crippen molar-refractivity contribution in [2.75, 3.05) is 5.32 Å². The van der Waals surface area contributed by atoms with Gasteiger partial charge in [0.05, 0.1) is 6.04 Å². The highest BCUT2D eigenvalue weighted by molar-refractivity contribution is 7.12. The van der Waals surface area contributed by atoms with E-state index in [9.17, 15) is 4.79 Å². The van der Waals surface area contributed by atoms with Crippen molar-refractivity contribution in [1.82, 2.24) is 5.32 Å². The molecular weight excluding hydrogens is 280 g/mol. The van der Waals surface area contributed by atoms with Crippen LogP contribution in [0.4, 0.5) is 5.69 Å². The molecule has 1 aromatic heterocycles. The first-order valence-electron chi connectivity index (χ1n) is 7.19. The number of aryl methyl sites for hydroxylation is 1. The first-order chi connectivity index (χ1) is 9.95. The second-order valence-corrected chi connectivity index (χ2v) is 6.84. The van der Waals surface area contributed by atoms with Crippen LogP contribution in [0.5, 0.6) is 0 Å². The summed E-state index contributed by atoms with van der Waals surface area (Å²) in [7, 11) is 0. The van der Waals surface area contributed by atoms with Crippen molar-refractivity contribution in [2.24, 2.45) is 0 Å². The molecule has 0 aliphatic carbocycles. The summed E-state index contributed by atoms with van der Waals surface area (Å²) in [6.45, 7) is 8.16. The number of rotatable bonds is 5. The summed E-state index contributed by atoms with van der Waals surface area (Å²) in [5.74, 6) is -0.0340. The fourth-order valence-corrected chi connectivity index (χ4v) is 2.98. The van der Waals surface area contributed by atoms with E-state index in [1.165, 1.54) is 9.75 Å². The number of carbonyl (C=O) groups excluding carboxylic acids is 1. The summed E-state index contributed by atoms with van der Waals surface area (Å²) in [6, 6.07) is 12.3. The Morgan fingerprint density at radius 2 is 1.90 bits per heavy atom. The Morgan fingerprint density at radius 3 is 2.52 bits per heavy atom. The SMILES string of the molecule is Cc1ccc(C(C)Nc2cccc(C(=O)NC(C)C)c2)s1. The lowest BCUT2D eigenvalue weighted by molar-refractivity contribution is 0.0943. The van der Waals surface area contributed by atoms with Gasteiger partial charge in [0, 0.05) is 27.0 Å². The normalized spacial score (nSPS) is 12.2. The summed E-state index contributed by atoms with van der Waals surface area (Å²) in [4.78, 5) is 14.6. The van der Waals surface area contributed by atoms with Crippen molar-refractivity contribution in [3.05, 3.63) is 51.7 Å². The Balaban J connectivity index is 2.09. The summed E-state index contributed by atoms with van der Waals surface area (Å²) in [5, 5.41) is 6.36. The van der Waals surface area contributed by atoms with Gasteiger partial charge >= 0.3 is 0 Å². The molecule has 1 unspecified atom stereocenters. The summed E-state index contributed by atoms with van der Waals surface area (Å²) in [5.41, 5.74) is 1.65. The van der Waals surface area contributed by atoms with Gasteiger partial charge in [-0.05, 0) is 58.0 Å². The van der Waals surface area contributed by atoms with Crippen LogP contribution in [0, 0.1) is 6.92 Å². The number of benzene rings is 1. The maximum atomic E-state index is 12.0. The molecule has 0 aliphatic rings. The highest BCUT2D eigenvalue weighted by Crippen LogP contribution is 2.26. The highest BCUT2D eigenvalue weighted by atomic mass is 32.1. The van der Waals surface area contributed by atoms with Crippen LogP contribution in [0.2, 0.25) is 0 Å². The van der Waals surface area contributed by atoms with E-state index in [2.05, 4.69) is 36.6 Å². The van der Waals surface area contributed by atoms with Crippen LogP contribution < -0.4 is 10.6 Å². The van der Waals surface area contributed by atoms with Crippen LogP contribution in [-0.2, 0) is 0 Å². The molecule has 3 nitrogen and oxygen atoms in total. The van der Waals surface area contributed by atoms with E-state index in [1.54, 1.807) is 11.3 Å². The Labute approximate surface area is 130 Å². The maximum absolute atomic E-state index is 12.0. The van der Waals surface area contributed by atoms with Crippen molar-refractivity contribution in [2.45, 2.75) is 39.8 Å². The lowest BCUT2D eigenvalue weighted by Gasteiger charge is -2.15. The van der Waals surface area contributed by atoms with Crippen molar-refractivity contribution in [1.29, 1.82) is 0 Å². The molecule has 1 atom stereocenters. The van der Waals surface area contributed by atoms with Crippen molar-refractivity contribution in [3.8, 4) is 0 Å². The first-order valence-corrected chi connectivity index (χ1v) is 8.01. The van der Waals surface area contributed by atoms with E-state index < -0.39 is 0 Å². The zero-order valence-electron chi connectivity index (χ0n) is 12.9. The van der Waals surface area contributed by atoms with E-state index in [0.717, 1.165) is 5.69 Å². The lowest BCUT2D eigenvalue weighted by atomic mass is 10.1. The Hall–Kier alpha value is -1.81. The number of hydrogen-bond acceptors (Lipinski definition) is 3. The Morgan fingerprint density at radius 1 is 1.14 bits per heavy atom.